The lowest BCUT2D eigenvalue weighted by atomic mass is 10.1. The first-order valence-corrected chi connectivity index (χ1v) is 6.18. The van der Waals surface area contributed by atoms with E-state index in [4.69, 9.17) is 6.42 Å². The first-order valence-electron chi connectivity index (χ1n) is 6.18. The van der Waals surface area contributed by atoms with Crippen LogP contribution in [0.2, 0.25) is 0 Å². The van der Waals surface area contributed by atoms with Gasteiger partial charge >= 0.3 is 0 Å². The average Bonchev–Trinajstić information content (AvgIpc) is 2.49. The molecule has 92 valence electrons. The summed E-state index contributed by atoms with van der Waals surface area (Å²) in [5, 5.41) is 3.29. The van der Waals surface area contributed by atoms with Crippen LogP contribution in [0, 0.1) is 24.2 Å². The van der Waals surface area contributed by atoms with Crippen molar-refractivity contribution in [2.24, 2.45) is 0 Å². The average molecular weight is 245 g/mol. The third-order valence-corrected chi connectivity index (χ3v) is 2.67. The summed E-state index contributed by atoms with van der Waals surface area (Å²) in [6.07, 6.45) is 5.30. The van der Waals surface area contributed by atoms with Gasteiger partial charge in [-0.1, -0.05) is 48.1 Å². The first-order chi connectivity index (χ1) is 9.38. The molecule has 0 atom stereocenters. The van der Waals surface area contributed by atoms with Crippen molar-refractivity contribution in [3.05, 3.63) is 71.3 Å². The van der Waals surface area contributed by atoms with Gasteiger partial charge in [-0.15, -0.1) is 6.42 Å². The van der Waals surface area contributed by atoms with Gasteiger partial charge in [-0.05, 0) is 29.8 Å². The van der Waals surface area contributed by atoms with Crippen molar-refractivity contribution in [1.29, 1.82) is 0 Å². The molecular weight excluding hydrogens is 230 g/mol. The second-order valence-corrected chi connectivity index (χ2v) is 4.11. The molecule has 0 fully saturated rings. The van der Waals surface area contributed by atoms with Crippen molar-refractivity contribution < 1.29 is 0 Å². The maximum absolute atomic E-state index is 5.30. The molecule has 1 nitrogen and oxygen atoms in total. The molecule has 0 aromatic heterocycles. The van der Waals surface area contributed by atoms with Gasteiger partial charge in [0.2, 0.25) is 0 Å². The molecule has 0 aliphatic carbocycles. The summed E-state index contributed by atoms with van der Waals surface area (Å²) in [5.74, 6) is 8.79. The molecule has 19 heavy (non-hydrogen) atoms. The van der Waals surface area contributed by atoms with Crippen LogP contribution in [0.25, 0.3) is 0 Å². The van der Waals surface area contributed by atoms with Crippen molar-refractivity contribution in [3.63, 3.8) is 0 Å². The molecule has 0 saturated carbocycles. The van der Waals surface area contributed by atoms with E-state index in [1.54, 1.807) is 0 Å². The Morgan fingerprint density at radius 2 is 1.58 bits per heavy atom. The van der Waals surface area contributed by atoms with E-state index >= 15 is 0 Å². The second kappa shape index (κ2) is 7.07. The van der Waals surface area contributed by atoms with Crippen LogP contribution in [-0.4, -0.2) is 6.54 Å². The summed E-state index contributed by atoms with van der Waals surface area (Å²) >= 11 is 0. The van der Waals surface area contributed by atoms with E-state index in [-0.39, 0.29) is 0 Å². The van der Waals surface area contributed by atoms with Gasteiger partial charge in [-0.3, -0.25) is 0 Å². The summed E-state index contributed by atoms with van der Waals surface area (Å²) in [7, 11) is 0. The van der Waals surface area contributed by atoms with Crippen LogP contribution in [0.4, 0.5) is 0 Å². The molecule has 0 radical (unpaired) electrons. The zero-order valence-corrected chi connectivity index (χ0v) is 10.7. The van der Waals surface area contributed by atoms with Crippen LogP contribution in [0.1, 0.15) is 16.7 Å². The van der Waals surface area contributed by atoms with Crippen molar-refractivity contribution in [1.82, 2.24) is 5.32 Å². The number of hydrogen-bond acceptors (Lipinski definition) is 1. The Bertz CT molecular complexity index is 607. The smallest absolute Gasteiger partial charge is 0.0582 e. The molecule has 1 N–H and O–H groups in total. The maximum atomic E-state index is 5.30. The third kappa shape index (κ3) is 4.36. The quantitative estimate of drug-likeness (QED) is 0.647. The summed E-state index contributed by atoms with van der Waals surface area (Å²) in [4.78, 5) is 0. The minimum atomic E-state index is 0.672. The first kappa shape index (κ1) is 13.0. The number of benzene rings is 2. The predicted molar refractivity (Wildman–Crippen MR) is 79.4 cm³/mol. The highest BCUT2D eigenvalue weighted by atomic mass is 14.8. The lowest BCUT2D eigenvalue weighted by molar-refractivity contribution is 0.770. The van der Waals surface area contributed by atoms with E-state index in [2.05, 4.69) is 35.2 Å². The van der Waals surface area contributed by atoms with Crippen LogP contribution >= 0.6 is 0 Å². The van der Waals surface area contributed by atoms with Gasteiger partial charge in [0.25, 0.3) is 0 Å². The number of nitrogens with one attached hydrogen (secondary N) is 1. The highest BCUT2D eigenvalue weighted by molar-refractivity contribution is 5.41. The molecule has 0 bridgehead atoms. The SMILES string of the molecule is C#Cc1ccc(C#CCNCc2ccccc2)cc1. The lowest BCUT2D eigenvalue weighted by Gasteiger charge is -1.99. The summed E-state index contributed by atoms with van der Waals surface area (Å²) < 4.78 is 0. The number of rotatable bonds is 3. The summed E-state index contributed by atoms with van der Waals surface area (Å²) in [6, 6.07) is 18.0. The minimum Gasteiger partial charge on any atom is -0.302 e. The zero-order valence-electron chi connectivity index (χ0n) is 10.7. The fourth-order valence-electron chi connectivity index (χ4n) is 1.66. The van der Waals surface area contributed by atoms with Gasteiger partial charge < -0.3 is 5.32 Å². The van der Waals surface area contributed by atoms with Gasteiger partial charge in [0.15, 0.2) is 0 Å². The largest absolute Gasteiger partial charge is 0.302 e. The van der Waals surface area contributed by atoms with Crippen LogP contribution < -0.4 is 5.32 Å². The van der Waals surface area contributed by atoms with Crippen molar-refractivity contribution >= 4 is 0 Å². The topological polar surface area (TPSA) is 12.0 Å². The molecule has 1 heteroatoms. The molecule has 0 aliphatic rings. The van der Waals surface area contributed by atoms with E-state index in [1.807, 2.05) is 42.5 Å². The zero-order chi connectivity index (χ0) is 13.3. The van der Waals surface area contributed by atoms with E-state index in [9.17, 15) is 0 Å². The Hall–Kier alpha value is -2.48. The summed E-state index contributed by atoms with van der Waals surface area (Å²) in [6.45, 7) is 1.51. The van der Waals surface area contributed by atoms with E-state index in [0.29, 0.717) is 6.54 Å². The van der Waals surface area contributed by atoms with Gasteiger partial charge in [0.05, 0.1) is 6.54 Å². The van der Waals surface area contributed by atoms with Gasteiger partial charge in [0, 0.05) is 17.7 Å². The van der Waals surface area contributed by atoms with E-state index in [1.165, 1.54) is 5.56 Å². The number of terminal acetylenes is 1. The van der Waals surface area contributed by atoms with Gasteiger partial charge in [0.1, 0.15) is 0 Å². The summed E-state index contributed by atoms with van der Waals surface area (Å²) in [5.41, 5.74) is 3.14. The Morgan fingerprint density at radius 1 is 0.895 bits per heavy atom. The fourth-order valence-corrected chi connectivity index (χ4v) is 1.66. The van der Waals surface area contributed by atoms with Crippen molar-refractivity contribution in [3.8, 4) is 24.2 Å². The van der Waals surface area contributed by atoms with E-state index < -0.39 is 0 Å². The predicted octanol–water partition coefficient (Wildman–Crippen LogP) is 2.81. The molecule has 2 aromatic carbocycles. The highest BCUT2D eigenvalue weighted by Gasteiger charge is 1.89. The van der Waals surface area contributed by atoms with Gasteiger partial charge in [-0.2, -0.15) is 0 Å². The molecule has 0 saturated heterocycles. The Labute approximate surface area is 114 Å². The van der Waals surface area contributed by atoms with Crippen LogP contribution in [-0.2, 0) is 6.54 Å². The lowest BCUT2D eigenvalue weighted by Crippen LogP contribution is -2.12. The Kier molecular flexibility index (Phi) is 4.82. The molecule has 0 aliphatic heterocycles. The standard InChI is InChI=1S/C18H15N/c1-2-16-10-12-17(13-11-16)9-6-14-19-15-18-7-4-3-5-8-18/h1,3-5,7-8,10-13,19H,14-15H2. The molecule has 0 heterocycles. The molecular formula is C18H15N. The normalized spacial score (nSPS) is 9.21. The van der Waals surface area contributed by atoms with Crippen LogP contribution in [0.15, 0.2) is 54.6 Å². The maximum Gasteiger partial charge on any atom is 0.0582 e. The van der Waals surface area contributed by atoms with Crippen LogP contribution in [0.3, 0.4) is 0 Å². The molecule has 0 spiro atoms. The fraction of sp³-hybridized carbons (Fsp3) is 0.111. The molecule has 0 amide bonds. The molecule has 2 rings (SSSR count). The Balaban J connectivity index is 1.80. The third-order valence-electron chi connectivity index (χ3n) is 2.67. The van der Waals surface area contributed by atoms with Crippen molar-refractivity contribution in [2.75, 3.05) is 6.54 Å². The molecule has 0 unspecified atom stereocenters. The van der Waals surface area contributed by atoms with Gasteiger partial charge in [-0.25, -0.2) is 0 Å². The molecule has 2 aromatic rings. The van der Waals surface area contributed by atoms with Crippen LogP contribution in [0.5, 0.6) is 0 Å². The number of hydrogen-bond donors (Lipinski definition) is 1. The second-order valence-electron chi connectivity index (χ2n) is 4.11. The Morgan fingerprint density at radius 3 is 2.26 bits per heavy atom. The van der Waals surface area contributed by atoms with E-state index in [0.717, 1.165) is 17.7 Å². The van der Waals surface area contributed by atoms with Crippen molar-refractivity contribution in [2.45, 2.75) is 6.54 Å². The monoisotopic (exact) mass is 245 g/mol. The minimum absolute atomic E-state index is 0.672. The highest BCUT2D eigenvalue weighted by Crippen LogP contribution is 2.01.